The molecule has 31 heavy (non-hydrogen) atoms. The van der Waals surface area contributed by atoms with Crippen LogP contribution in [0.2, 0.25) is 0 Å². The van der Waals surface area contributed by atoms with Gasteiger partial charge in [0.25, 0.3) is 0 Å². The van der Waals surface area contributed by atoms with Gasteiger partial charge in [0.15, 0.2) is 28.7 Å². The summed E-state index contributed by atoms with van der Waals surface area (Å²) < 4.78 is 32.5. The largest absolute Gasteiger partial charge is 0.493 e. The van der Waals surface area contributed by atoms with Gasteiger partial charge in [-0.15, -0.1) is 0 Å². The number of esters is 1. The van der Waals surface area contributed by atoms with E-state index in [1.165, 1.54) is 21.3 Å². The lowest BCUT2D eigenvalue weighted by molar-refractivity contribution is -0.129. The summed E-state index contributed by atoms with van der Waals surface area (Å²) in [5, 5.41) is 0. The van der Waals surface area contributed by atoms with Gasteiger partial charge in [-0.3, -0.25) is 0 Å². The van der Waals surface area contributed by atoms with Crippen molar-refractivity contribution in [3.63, 3.8) is 0 Å². The summed E-state index contributed by atoms with van der Waals surface area (Å²) in [6.45, 7) is 3.87. The minimum absolute atomic E-state index is 0.00792. The van der Waals surface area contributed by atoms with Gasteiger partial charge in [0.2, 0.25) is 11.6 Å². The number of rotatable bonds is 8. The number of methoxy groups -OCH3 is 4. The average molecular weight is 427 g/mol. The third-order valence-electron chi connectivity index (χ3n) is 4.39. The van der Waals surface area contributed by atoms with Gasteiger partial charge >= 0.3 is 5.97 Å². The Morgan fingerprint density at radius 1 is 0.871 bits per heavy atom. The van der Waals surface area contributed by atoms with Gasteiger partial charge in [-0.1, -0.05) is 6.07 Å². The van der Waals surface area contributed by atoms with E-state index in [9.17, 15) is 4.79 Å². The van der Waals surface area contributed by atoms with Crippen LogP contribution in [0.5, 0.6) is 28.7 Å². The summed E-state index contributed by atoms with van der Waals surface area (Å²) in [6, 6.07) is 8.70. The van der Waals surface area contributed by atoms with E-state index >= 15 is 0 Å². The Hall–Kier alpha value is -3.68. The molecule has 8 heteroatoms. The molecule has 1 aliphatic heterocycles. The average Bonchev–Trinajstić information content (AvgIpc) is 3.13. The maximum Gasteiger partial charge on any atom is 0.363 e. The zero-order valence-corrected chi connectivity index (χ0v) is 18.3. The molecule has 0 unspecified atom stereocenters. The molecule has 8 nitrogen and oxygen atoms in total. The zero-order valence-electron chi connectivity index (χ0n) is 18.3. The Bertz CT molecular complexity index is 1020. The molecule has 2 aromatic rings. The summed E-state index contributed by atoms with van der Waals surface area (Å²) in [5.41, 5.74) is 1.39. The van der Waals surface area contributed by atoms with E-state index in [1.807, 2.05) is 19.9 Å². The maximum absolute atomic E-state index is 12.4. The molecule has 0 radical (unpaired) electrons. The third-order valence-corrected chi connectivity index (χ3v) is 4.39. The highest BCUT2D eigenvalue weighted by Crippen LogP contribution is 2.39. The predicted octanol–water partition coefficient (Wildman–Crippen LogP) is 3.85. The van der Waals surface area contributed by atoms with Crippen LogP contribution in [0.4, 0.5) is 0 Å². The smallest absolute Gasteiger partial charge is 0.363 e. The summed E-state index contributed by atoms with van der Waals surface area (Å²) in [7, 11) is 6.09. The molecule has 0 amide bonds. The number of aliphatic imine (C=N–C) groups is 1. The van der Waals surface area contributed by atoms with Crippen molar-refractivity contribution in [3.05, 3.63) is 47.2 Å². The normalized spacial score (nSPS) is 14.4. The van der Waals surface area contributed by atoms with E-state index in [0.29, 0.717) is 34.3 Å². The van der Waals surface area contributed by atoms with Gasteiger partial charge in [0.05, 0.1) is 34.5 Å². The van der Waals surface area contributed by atoms with E-state index in [1.54, 1.807) is 37.5 Å². The van der Waals surface area contributed by atoms with E-state index in [2.05, 4.69) is 4.99 Å². The minimum atomic E-state index is -0.565. The molecule has 2 aromatic carbocycles. The molecule has 164 valence electrons. The maximum atomic E-state index is 12.4. The van der Waals surface area contributed by atoms with Crippen LogP contribution in [0, 0.1) is 0 Å². The van der Waals surface area contributed by atoms with Crippen molar-refractivity contribution in [2.24, 2.45) is 4.99 Å². The van der Waals surface area contributed by atoms with Crippen LogP contribution in [0.25, 0.3) is 6.08 Å². The molecule has 0 saturated heterocycles. The van der Waals surface area contributed by atoms with Crippen LogP contribution >= 0.6 is 0 Å². The van der Waals surface area contributed by atoms with Crippen molar-refractivity contribution >= 4 is 17.9 Å². The Labute approximate surface area is 181 Å². The number of carbonyl (C=O) groups is 1. The van der Waals surface area contributed by atoms with Gasteiger partial charge in [-0.25, -0.2) is 9.79 Å². The summed E-state index contributed by atoms with van der Waals surface area (Å²) in [5.74, 6) is 2.05. The summed E-state index contributed by atoms with van der Waals surface area (Å²) in [4.78, 5) is 16.8. The lowest BCUT2D eigenvalue weighted by Gasteiger charge is -2.13. The van der Waals surface area contributed by atoms with Crippen LogP contribution in [0.3, 0.4) is 0 Å². The van der Waals surface area contributed by atoms with E-state index < -0.39 is 5.97 Å². The molecule has 0 N–H and O–H groups in total. The van der Waals surface area contributed by atoms with Crippen molar-refractivity contribution in [3.8, 4) is 28.7 Å². The number of cyclic esters (lactones) is 1. The monoisotopic (exact) mass is 427 g/mol. The summed E-state index contributed by atoms with van der Waals surface area (Å²) in [6.07, 6.45) is 1.63. The quantitative estimate of drug-likeness (QED) is 0.467. The highest BCUT2D eigenvalue weighted by atomic mass is 16.6. The molecule has 1 aliphatic rings. The third kappa shape index (κ3) is 4.74. The molecule has 0 aliphatic carbocycles. The van der Waals surface area contributed by atoms with Crippen molar-refractivity contribution in [1.29, 1.82) is 0 Å². The number of benzene rings is 2. The van der Waals surface area contributed by atoms with Crippen molar-refractivity contribution in [2.75, 3.05) is 28.4 Å². The van der Waals surface area contributed by atoms with Gasteiger partial charge < -0.3 is 28.4 Å². The second-order valence-electron chi connectivity index (χ2n) is 6.83. The topological polar surface area (TPSA) is 84.8 Å². The second kappa shape index (κ2) is 9.42. The molecule has 0 aromatic heterocycles. The van der Waals surface area contributed by atoms with Crippen molar-refractivity contribution in [2.45, 2.75) is 20.0 Å². The Kier molecular flexibility index (Phi) is 6.69. The van der Waals surface area contributed by atoms with Crippen LogP contribution in [0.15, 0.2) is 41.0 Å². The number of nitrogens with zero attached hydrogens (tertiary/aromatic N) is 1. The van der Waals surface area contributed by atoms with E-state index in [4.69, 9.17) is 28.4 Å². The Balaban J connectivity index is 1.96. The molecule has 0 bridgehead atoms. The number of carbonyl (C=O) groups excluding carboxylic acids is 1. The first-order valence-electron chi connectivity index (χ1n) is 9.57. The minimum Gasteiger partial charge on any atom is -0.493 e. The summed E-state index contributed by atoms with van der Waals surface area (Å²) >= 11 is 0. The molecule has 3 rings (SSSR count). The van der Waals surface area contributed by atoms with Crippen LogP contribution in [-0.2, 0) is 9.53 Å². The SMILES string of the molecule is COc1cc(/C=C2/N=C(c3cc(OC)c(OC)c(OC)c3)OC2=O)ccc1OC(C)C. The molecular formula is C23H25NO7. The molecular weight excluding hydrogens is 402 g/mol. The van der Waals surface area contributed by atoms with Gasteiger partial charge in [0.1, 0.15) is 0 Å². The molecule has 0 fully saturated rings. The fourth-order valence-electron chi connectivity index (χ4n) is 3.02. The molecule has 0 spiro atoms. The van der Waals surface area contributed by atoms with E-state index in [0.717, 1.165) is 5.56 Å². The zero-order chi connectivity index (χ0) is 22.5. The van der Waals surface area contributed by atoms with E-state index in [-0.39, 0.29) is 17.7 Å². The first-order valence-corrected chi connectivity index (χ1v) is 9.57. The lowest BCUT2D eigenvalue weighted by atomic mass is 10.1. The van der Waals surface area contributed by atoms with Crippen LogP contribution in [0.1, 0.15) is 25.0 Å². The standard InChI is InChI=1S/C23H25NO7/c1-13(2)30-17-8-7-14(10-18(17)26-3)9-16-23(25)31-22(24-16)15-11-19(27-4)21(29-6)20(12-15)28-5/h7-13H,1-6H3/b16-9+. The van der Waals surface area contributed by atoms with Crippen molar-refractivity contribution < 1.29 is 33.2 Å². The number of hydrogen-bond acceptors (Lipinski definition) is 8. The van der Waals surface area contributed by atoms with Gasteiger partial charge in [-0.05, 0) is 49.8 Å². The van der Waals surface area contributed by atoms with Crippen molar-refractivity contribution in [1.82, 2.24) is 0 Å². The second-order valence-corrected chi connectivity index (χ2v) is 6.83. The fraction of sp³-hybridized carbons (Fsp3) is 0.304. The predicted molar refractivity (Wildman–Crippen MR) is 115 cm³/mol. The highest BCUT2D eigenvalue weighted by molar-refractivity contribution is 6.13. The lowest BCUT2D eigenvalue weighted by Crippen LogP contribution is -2.07. The Morgan fingerprint density at radius 2 is 1.52 bits per heavy atom. The van der Waals surface area contributed by atoms with Crippen LogP contribution in [-0.4, -0.2) is 46.4 Å². The van der Waals surface area contributed by atoms with Gasteiger partial charge in [0, 0.05) is 5.56 Å². The fourth-order valence-corrected chi connectivity index (χ4v) is 3.02. The van der Waals surface area contributed by atoms with Crippen LogP contribution < -0.4 is 23.7 Å². The number of hydrogen-bond donors (Lipinski definition) is 0. The molecule has 0 atom stereocenters. The number of ether oxygens (including phenoxy) is 6. The van der Waals surface area contributed by atoms with Gasteiger partial charge in [-0.2, -0.15) is 0 Å². The highest BCUT2D eigenvalue weighted by Gasteiger charge is 2.26. The Morgan fingerprint density at radius 3 is 2.06 bits per heavy atom. The molecule has 1 heterocycles. The molecule has 0 saturated carbocycles. The first-order chi connectivity index (χ1) is 14.9. The first kappa shape index (κ1) is 22.0.